The number of ether oxygens (including phenoxy) is 3. The second-order valence-electron chi connectivity index (χ2n) is 17.0. The molecule has 0 saturated carbocycles. The van der Waals surface area contributed by atoms with Gasteiger partial charge < -0.3 is 23.8 Å². The molecule has 0 saturated heterocycles. The van der Waals surface area contributed by atoms with Gasteiger partial charge in [-0.1, -0.05) is 158 Å². The summed E-state index contributed by atoms with van der Waals surface area (Å²) < 4.78 is 17.3. The van der Waals surface area contributed by atoms with Crippen LogP contribution in [0.25, 0.3) is 0 Å². The quantitative estimate of drug-likeness (QED) is 0.0283. The van der Waals surface area contributed by atoms with E-state index < -0.39 is 18.1 Å². The van der Waals surface area contributed by atoms with E-state index in [9.17, 15) is 19.5 Å². The van der Waals surface area contributed by atoms with Crippen molar-refractivity contribution in [1.29, 1.82) is 0 Å². The van der Waals surface area contributed by atoms with E-state index in [1.165, 1.54) is 83.5 Å². The van der Waals surface area contributed by atoms with Crippen LogP contribution in [0.1, 0.15) is 194 Å². The average molecular weight is 829 g/mol. The predicted octanol–water partition coefficient (Wildman–Crippen LogP) is 13.4. The summed E-state index contributed by atoms with van der Waals surface area (Å²) >= 11 is 0. The second-order valence-corrected chi connectivity index (χ2v) is 17.0. The van der Waals surface area contributed by atoms with Crippen molar-refractivity contribution >= 4 is 17.9 Å². The number of likely N-dealkylation sites (N-methyl/N-ethyl adjacent to an activating group) is 1. The molecule has 340 valence electrons. The summed E-state index contributed by atoms with van der Waals surface area (Å²) in [6.45, 7) is 4.60. The van der Waals surface area contributed by atoms with Gasteiger partial charge in [0.2, 0.25) is 0 Å². The normalized spacial score (nSPS) is 13.4. The molecule has 2 atom stereocenters. The van der Waals surface area contributed by atoms with Crippen molar-refractivity contribution in [1.82, 2.24) is 0 Å². The maximum Gasteiger partial charge on any atom is 0.362 e. The fourth-order valence-corrected chi connectivity index (χ4v) is 6.72. The highest BCUT2D eigenvalue weighted by Crippen LogP contribution is 2.14. The van der Waals surface area contributed by atoms with Gasteiger partial charge in [-0.15, -0.1) is 0 Å². The first-order chi connectivity index (χ1) is 28.6. The van der Waals surface area contributed by atoms with Gasteiger partial charge in [0.25, 0.3) is 0 Å². The molecule has 0 aromatic rings. The molecular weight excluding hydrogens is 739 g/mol. The minimum atomic E-state index is -0.879. The Kier molecular flexibility index (Phi) is 39.6. The smallest absolute Gasteiger partial charge is 0.362 e. The van der Waals surface area contributed by atoms with Crippen molar-refractivity contribution in [2.75, 3.05) is 41.0 Å². The molecule has 59 heavy (non-hydrogen) atoms. The first-order valence-corrected chi connectivity index (χ1v) is 23.8. The molecule has 0 aromatic heterocycles. The van der Waals surface area contributed by atoms with E-state index in [2.05, 4.69) is 74.6 Å². The van der Waals surface area contributed by atoms with Gasteiger partial charge >= 0.3 is 17.9 Å². The molecule has 0 aliphatic carbocycles. The molecule has 0 aliphatic heterocycles. The molecule has 0 radical (unpaired) electrons. The zero-order valence-corrected chi connectivity index (χ0v) is 38.7. The van der Waals surface area contributed by atoms with Crippen LogP contribution in [0.5, 0.6) is 0 Å². The van der Waals surface area contributed by atoms with Crippen molar-refractivity contribution < 1.29 is 38.2 Å². The first kappa shape index (κ1) is 56.0. The molecule has 8 nitrogen and oxygen atoms in total. The van der Waals surface area contributed by atoms with Gasteiger partial charge in [0.05, 0.1) is 34.4 Å². The lowest BCUT2D eigenvalue weighted by atomic mass is 10.1. The van der Waals surface area contributed by atoms with Crippen LogP contribution >= 0.6 is 0 Å². The Labute approximate surface area is 362 Å². The highest BCUT2D eigenvalue weighted by atomic mass is 16.6. The lowest BCUT2D eigenvalue weighted by Gasteiger charge is -2.31. The number of esters is 2. The van der Waals surface area contributed by atoms with Crippen molar-refractivity contribution in [2.24, 2.45) is 0 Å². The van der Waals surface area contributed by atoms with Crippen molar-refractivity contribution in [2.45, 2.75) is 206 Å². The van der Waals surface area contributed by atoms with Crippen LogP contribution in [0, 0.1) is 0 Å². The number of carbonyl (C=O) groups excluding carboxylic acids is 2. The highest BCUT2D eigenvalue weighted by molar-refractivity contribution is 5.72. The van der Waals surface area contributed by atoms with Crippen LogP contribution in [-0.2, 0) is 28.6 Å². The minimum absolute atomic E-state index is 0.0537. The third-order valence-electron chi connectivity index (χ3n) is 10.4. The van der Waals surface area contributed by atoms with Crippen molar-refractivity contribution in [3.8, 4) is 0 Å². The fourth-order valence-electron chi connectivity index (χ4n) is 6.72. The second kappa shape index (κ2) is 41.8. The molecule has 0 heterocycles. The highest BCUT2D eigenvalue weighted by Gasteiger charge is 2.31. The molecule has 2 unspecified atom stereocenters. The molecule has 1 N–H and O–H groups in total. The van der Waals surface area contributed by atoms with Gasteiger partial charge in [0, 0.05) is 19.3 Å². The zero-order chi connectivity index (χ0) is 43.5. The van der Waals surface area contributed by atoms with E-state index in [4.69, 9.17) is 14.2 Å². The van der Waals surface area contributed by atoms with Gasteiger partial charge in [-0.2, -0.15) is 0 Å². The van der Waals surface area contributed by atoms with Crippen molar-refractivity contribution in [3.63, 3.8) is 0 Å². The summed E-state index contributed by atoms with van der Waals surface area (Å²) in [5.41, 5.74) is 0. The Hall–Kier alpha value is -2.97. The fraction of sp³-hybridized carbons (Fsp3) is 0.745. The third-order valence-corrected chi connectivity index (χ3v) is 10.4. The zero-order valence-electron chi connectivity index (χ0n) is 38.7. The number of unbranched alkanes of at least 4 members (excludes halogenated alkanes) is 18. The van der Waals surface area contributed by atoms with E-state index in [0.29, 0.717) is 19.3 Å². The molecule has 0 fully saturated rings. The molecule has 0 rings (SSSR count). The van der Waals surface area contributed by atoms with E-state index in [-0.39, 0.29) is 36.2 Å². The van der Waals surface area contributed by atoms with Crippen LogP contribution in [0.15, 0.2) is 60.8 Å². The van der Waals surface area contributed by atoms with Crippen LogP contribution in [0.4, 0.5) is 0 Å². The summed E-state index contributed by atoms with van der Waals surface area (Å²) in [5.74, 6) is -1.49. The number of rotatable bonds is 42. The summed E-state index contributed by atoms with van der Waals surface area (Å²) in [6, 6.07) is -0.619. The summed E-state index contributed by atoms with van der Waals surface area (Å²) in [5, 5.41) is 9.64. The number of carbonyl (C=O) groups is 3. The standard InChI is InChI=1S/C51H89NO7/c1-6-8-10-12-14-16-18-20-22-23-24-25-26-28-30-32-34-36-38-40-42-50(54)59-47(45-57-44-43-48(51(55)56)52(3,4)5)46-58-49(53)41-39-37-35-33-31-29-27-21-19-17-15-13-11-9-7-2/h8,10,14,16-17,19-20,22,24-25,47-48H,6-7,9,11-13,15,18,21,23,26-46H2,1-5H3/p+1/b10-8+,16-14+,19-17+,22-20+,25-24+. The van der Waals surface area contributed by atoms with Gasteiger partial charge in [-0.05, 0) is 77.0 Å². The van der Waals surface area contributed by atoms with Crippen molar-refractivity contribution in [3.05, 3.63) is 60.8 Å². The summed E-state index contributed by atoms with van der Waals surface area (Å²) in [4.78, 5) is 37.1. The maximum atomic E-state index is 12.8. The third kappa shape index (κ3) is 40.2. The lowest BCUT2D eigenvalue weighted by Crippen LogP contribution is -2.50. The number of nitrogens with zero attached hydrogens (tertiary/aromatic N) is 1. The molecule has 0 bridgehead atoms. The topological polar surface area (TPSA) is 99.1 Å². The number of aliphatic carboxylic acids is 1. The number of hydrogen-bond donors (Lipinski definition) is 1. The van der Waals surface area contributed by atoms with Gasteiger partial charge in [-0.25, -0.2) is 4.79 Å². The van der Waals surface area contributed by atoms with Crippen LogP contribution in [0.2, 0.25) is 0 Å². The van der Waals surface area contributed by atoms with E-state index in [1.54, 1.807) is 0 Å². The molecular formula is C51H90NO7+. The summed E-state index contributed by atoms with van der Waals surface area (Å²) in [7, 11) is 5.52. The molecule has 0 aromatic carbocycles. The number of allylic oxidation sites excluding steroid dienone is 10. The van der Waals surface area contributed by atoms with E-state index in [1.807, 2.05) is 21.1 Å². The van der Waals surface area contributed by atoms with Crippen LogP contribution in [0.3, 0.4) is 0 Å². The lowest BCUT2D eigenvalue weighted by molar-refractivity contribution is -0.887. The Morgan fingerprint density at radius 3 is 1.42 bits per heavy atom. The van der Waals surface area contributed by atoms with Crippen LogP contribution < -0.4 is 0 Å². The predicted molar refractivity (Wildman–Crippen MR) is 247 cm³/mol. The number of hydrogen-bond acceptors (Lipinski definition) is 6. The Bertz CT molecular complexity index is 1150. The molecule has 0 amide bonds. The Balaban J connectivity index is 4.32. The number of carboxylic acids is 1. The minimum Gasteiger partial charge on any atom is -0.477 e. The largest absolute Gasteiger partial charge is 0.477 e. The average Bonchev–Trinajstić information content (AvgIpc) is 3.19. The Morgan fingerprint density at radius 2 is 0.949 bits per heavy atom. The molecule has 0 aliphatic rings. The number of quaternary nitrogens is 1. The van der Waals surface area contributed by atoms with Gasteiger partial charge in [-0.3, -0.25) is 9.59 Å². The van der Waals surface area contributed by atoms with Gasteiger partial charge in [0.1, 0.15) is 6.61 Å². The SMILES string of the molecule is CC/C=C/C/C=C/C/C=C/C/C=C/CCCCCCCCCC(=O)OC(COCCC(C(=O)O)[N+](C)(C)C)COC(=O)CCCCCCCCC/C=C/CCCCCC. The van der Waals surface area contributed by atoms with E-state index in [0.717, 1.165) is 77.0 Å². The van der Waals surface area contributed by atoms with Crippen LogP contribution in [-0.4, -0.2) is 80.6 Å². The van der Waals surface area contributed by atoms with Gasteiger partial charge in [0.15, 0.2) is 12.1 Å². The molecule has 0 spiro atoms. The van der Waals surface area contributed by atoms with E-state index >= 15 is 0 Å². The first-order valence-electron chi connectivity index (χ1n) is 23.8. The summed E-state index contributed by atoms with van der Waals surface area (Å²) in [6.07, 6.45) is 51.1. The molecule has 8 heteroatoms. The number of carboxylic acid groups (broad SMARTS) is 1. The Morgan fingerprint density at radius 1 is 0.525 bits per heavy atom. The maximum absolute atomic E-state index is 12.8. The monoisotopic (exact) mass is 829 g/mol.